The van der Waals surface area contributed by atoms with E-state index in [1.54, 1.807) is 30.1 Å². The summed E-state index contributed by atoms with van der Waals surface area (Å²) in [5, 5.41) is 7.13. The van der Waals surface area contributed by atoms with Crippen LogP contribution in [-0.4, -0.2) is 43.3 Å². The zero-order valence-corrected chi connectivity index (χ0v) is 12.8. The molecule has 1 amide bonds. The third-order valence-corrected chi connectivity index (χ3v) is 4.98. The fourth-order valence-electron chi connectivity index (χ4n) is 2.42. The molecule has 1 aromatic heterocycles. The number of amides is 1. The number of sulfone groups is 1. The van der Waals surface area contributed by atoms with E-state index in [9.17, 15) is 13.2 Å². The first-order chi connectivity index (χ1) is 8.79. The number of rotatable bonds is 4. The standard InChI is InChI=1S/C12H18N2O3S2/c1-8(7-19(3,16)17)14-11(10-4-5-18-6-10)13-9(2)12(14)15/h4-6,8-9,11,13H,7H2,1-3H3. The van der Waals surface area contributed by atoms with E-state index in [0.29, 0.717) is 0 Å². The monoisotopic (exact) mass is 302 g/mol. The fraction of sp³-hybridized carbons (Fsp3) is 0.583. The number of thiophene rings is 1. The van der Waals surface area contributed by atoms with Gasteiger partial charge in [-0.3, -0.25) is 10.1 Å². The summed E-state index contributed by atoms with van der Waals surface area (Å²) in [5.74, 6) is -0.0688. The largest absolute Gasteiger partial charge is 0.318 e. The zero-order chi connectivity index (χ0) is 14.2. The SMILES string of the molecule is CC1NC(c2ccsc2)N(C(C)CS(C)(=O)=O)C1=O. The molecule has 1 fully saturated rings. The lowest BCUT2D eigenvalue weighted by atomic mass is 10.2. The van der Waals surface area contributed by atoms with Gasteiger partial charge in [-0.1, -0.05) is 0 Å². The van der Waals surface area contributed by atoms with Gasteiger partial charge in [-0.2, -0.15) is 11.3 Å². The molecule has 1 saturated heterocycles. The molecule has 2 rings (SSSR count). The van der Waals surface area contributed by atoms with Crippen LogP contribution in [0.2, 0.25) is 0 Å². The van der Waals surface area contributed by atoms with Crippen LogP contribution in [0.1, 0.15) is 25.6 Å². The number of nitrogens with one attached hydrogen (secondary N) is 1. The Hall–Kier alpha value is -0.920. The molecule has 1 aliphatic heterocycles. The van der Waals surface area contributed by atoms with Crippen LogP contribution in [0.25, 0.3) is 0 Å². The van der Waals surface area contributed by atoms with E-state index >= 15 is 0 Å². The molecule has 1 aromatic rings. The highest BCUT2D eigenvalue weighted by Gasteiger charge is 2.40. The van der Waals surface area contributed by atoms with Crippen LogP contribution >= 0.6 is 11.3 Å². The maximum Gasteiger partial charge on any atom is 0.241 e. The van der Waals surface area contributed by atoms with Gasteiger partial charge in [0.05, 0.1) is 11.8 Å². The Morgan fingerprint density at radius 3 is 2.74 bits per heavy atom. The van der Waals surface area contributed by atoms with Crippen molar-refractivity contribution in [2.24, 2.45) is 0 Å². The van der Waals surface area contributed by atoms with Gasteiger partial charge < -0.3 is 4.90 Å². The molecule has 1 aliphatic rings. The number of carbonyl (C=O) groups is 1. The van der Waals surface area contributed by atoms with Crippen molar-refractivity contribution in [2.75, 3.05) is 12.0 Å². The molecular formula is C12H18N2O3S2. The van der Waals surface area contributed by atoms with E-state index in [-0.39, 0.29) is 29.9 Å². The van der Waals surface area contributed by atoms with E-state index in [2.05, 4.69) is 5.32 Å². The second kappa shape index (κ2) is 5.22. The molecule has 0 spiro atoms. The minimum Gasteiger partial charge on any atom is -0.318 e. The summed E-state index contributed by atoms with van der Waals surface area (Å²) in [7, 11) is -3.11. The van der Waals surface area contributed by atoms with Crippen molar-refractivity contribution < 1.29 is 13.2 Å². The van der Waals surface area contributed by atoms with Crippen LogP contribution in [0.15, 0.2) is 16.8 Å². The molecule has 0 saturated carbocycles. The van der Waals surface area contributed by atoms with Gasteiger partial charge in [0.2, 0.25) is 5.91 Å². The highest BCUT2D eigenvalue weighted by molar-refractivity contribution is 7.90. The molecule has 0 aromatic carbocycles. The molecule has 7 heteroatoms. The number of nitrogens with zero attached hydrogens (tertiary/aromatic N) is 1. The third-order valence-electron chi connectivity index (χ3n) is 3.19. The average Bonchev–Trinajstić information content (AvgIpc) is 2.85. The fourth-order valence-corrected chi connectivity index (χ4v) is 4.13. The second-order valence-electron chi connectivity index (χ2n) is 5.03. The van der Waals surface area contributed by atoms with E-state index in [0.717, 1.165) is 5.56 Å². The summed E-state index contributed by atoms with van der Waals surface area (Å²) >= 11 is 1.56. The summed E-state index contributed by atoms with van der Waals surface area (Å²) in [6, 6.07) is 1.32. The van der Waals surface area contributed by atoms with Crippen LogP contribution in [0.4, 0.5) is 0 Å². The minimum atomic E-state index is -3.11. The van der Waals surface area contributed by atoms with Crippen molar-refractivity contribution in [3.63, 3.8) is 0 Å². The van der Waals surface area contributed by atoms with Crippen LogP contribution in [-0.2, 0) is 14.6 Å². The van der Waals surface area contributed by atoms with Gasteiger partial charge in [-0.25, -0.2) is 8.42 Å². The zero-order valence-electron chi connectivity index (χ0n) is 11.2. The summed E-state index contributed by atoms with van der Waals surface area (Å²) in [6.07, 6.45) is 0.964. The van der Waals surface area contributed by atoms with Crippen molar-refractivity contribution >= 4 is 27.1 Å². The lowest BCUT2D eigenvalue weighted by Gasteiger charge is -2.29. The van der Waals surface area contributed by atoms with Gasteiger partial charge in [0.15, 0.2) is 0 Å². The van der Waals surface area contributed by atoms with Gasteiger partial charge in [0.1, 0.15) is 16.0 Å². The van der Waals surface area contributed by atoms with Crippen LogP contribution < -0.4 is 5.32 Å². The molecular weight excluding hydrogens is 284 g/mol. The van der Waals surface area contributed by atoms with Gasteiger partial charge in [-0.15, -0.1) is 0 Å². The normalized spacial score (nSPS) is 25.8. The Morgan fingerprint density at radius 2 is 2.21 bits per heavy atom. The molecule has 5 nitrogen and oxygen atoms in total. The first-order valence-electron chi connectivity index (χ1n) is 6.07. The molecule has 3 atom stereocenters. The lowest BCUT2D eigenvalue weighted by Crippen LogP contribution is -2.41. The Morgan fingerprint density at radius 1 is 1.53 bits per heavy atom. The number of hydrogen-bond donors (Lipinski definition) is 1. The van der Waals surface area contributed by atoms with E-state index in [1.165, 1.54) is 6.26 Å². The molecule has 0 radical (unpaired) electrons. The van der Waals surface area contributed by atoms with E-state index < -0.39 is 9.84 Å². The maximum atomic E-state index is 12.2. The summed E-state index contributed by atoms with van der Waals surface area (Å²) in [6.45, 7) is 3.58. The predicted octanol–water partition coefficient (Wildman–Crippen LogP) is 1.00. The predicted molar refractivity (Wildman–Crippen MR) is 75.7 cm³/mol. The second-order valence-corrected chi connectivity index (χ2v) is 8.00. The Kier molecular flexibility index (Phi) is 3.98. The molecule has 3 unspecified atom stereocenters. The lowest BCUT2D eigenvalue weighted by molar-refractivity contribution is -0.131. The summed E-state index contributed by atoms with van der Waals surface area (Å²) < 4.78 is 22.8. The van der Waals surface area contributed by atoms with Crippen molar-refractivity contribution in [3.8, 4) is 0 Å². The first-order valence-corrected chi connectivity index (χ1v) is 9.08. The quantitative estimate of drug-likeness (QED) is 0.901. The summed E-state index contributed by atoms with van der Waals surface area (Å²) in [4.78, 5) is 13.9. The molecule has 19 heavy (non-hydrogen) atoms. The smallest absolute Gasteiger partial charge is 0.241 e. The molecule has 2 heterocycles. The molecule has 106 valence electrons. The highest BCUT2D eigenvalue weighted by Crippen LogP contribution is 2.29. The third kappa shape index (κ3) is 3.16. The number of hydrogen-bond acceptors (Lipinski definition) is 5. The summed E-state index contributed by atoms with van der Waals surface area (Å²) in [5.41, 5.74) is 1.00. The highest BCUT2D eigenvalue weighted by atomic mass is 32.2. The van der Waals surface area contributed by atoms with E-state index in [4.69, 9.17) is 0 Å². The Labute approximate surface area is 117 Å². The van der Waals surface area contributed by atoms with E-state index in [1.807, 2.05) is 16.8 Å². The van der Waals surface area contributed by atoms with Crippen LogP contribution in [0.3, 0.4) is 0 Å². The molecule has 0 aliphatic carbocycles. The topological polar surface area (TPSA) is 66.5 Å². The molecule has 0 bridgehead atoms. The minimum absolute atomic E-state index is 0.0201. The van der Waals surface area contributed by atoms with Crippen molar-refractivity contribution in [3.05, 3.63) is 22.4 Å². The maximum absolute atomic E-state index is 12.2. The Balaban J connectivity index is 2.26. The van der Waals surface area contributed by atoms with Crippen molar-refractivity contribution in [1.29, 1.82) is 0 Å². The van der Waals surface area contributed by atoms with Gasteiger partial charge in [0.25, 0.3) is 0 Å². The van der Waals surface area contributed by atoms with Gasteiger partial charge in [-0.05, 0) is 36.2 Å². The van der Waals surface area contributed by atoms with Crippen LogP contribution in [0, 0.1) is 0 Å². The van der Waals surface area contributed by atoms with Gasteiger partial charge in [0, 0.05) is 12.3 Å². The van der Waals surface area contributed by atoms with Crippen LogP contribution in [0.5, 0.6) is 0 Å². The molecule has 1 N–H and O–H groups in total. The average molecular weight is 302 g/mol. The van der Waals surface area contributed by atoms with Gasteiger partial charge >= 0.3 is 0 Å². The first kappa shape index (κ1) is 14.5. The van der Waals surface area contributed by atoms with Crippen molar-refractivity contribution in [2.45, 2.75) is 32.1 Å². The Bertz CT molecular complexity index is 554. The van der Waals surface area contributed by atoms with Crippen molar-refractivity contribution in [1.82, 2.24) is 10.2 Å². The number of carbonyl (C=O) groups excluding carboxylic acids is 1.